The molecule has 0 aromatic rings. The minimum atomic E-state index is 1.07. The topological polar surface area (TPSA) is 15.6 Å². The maximum Gasteiger partial charge on any atom is 0.0403 e. The van der Waals surface area contributed by atoms with Crippen LogP contribution in [0, 0.1) is 0 Å². The zero-order valence-electron chi connectivity index (χ0n) is 9.72. The van der Waals surface area contributed by atoms with Crippen LogP contribution in [0.25, 0.3) is 0 Å². The maximum atomic E-state index is 4.03. The summed E-state index contributed by atoms with van der Waals surface area (Å²) in [7, 11) is 2.07. The van der Waals surface area contributed by atoms with Gasteiger partial charge < -0.3 is 4.90 Å². The average molecular weight is 212 g/mol. The predicted octanol–water partition coefficient (Wildman–Crippen LogP) is 3.19. The van der Waals surface area contributed by atoms with Crippen molar-refractivity contribution in [3.8, 4) is 0 Å². The molecule has 0 radical (unpaired) electrons. The lowest BCUT2D eigenvalue weighted by atomic mass is 10.1. The lowest BCUT2D eigenvalue weighted by molar-refractivity contribution is 0.575. The Morgan fingerprint density at radius 2 is 2.12 bits per heavy atom. The van der Waals surface area contributed by atoms with Gasteiger partial charge in [-0.05, 0) is 35.8 Å². The van der Waals surface area contributed by atoms with Crippen LogP contribution in [0.15, 0.2) is 64.6 Å². The van der Waals surface area contributed by atoms with Gasteiger partial charge in [0.05, 0.1) is 0 Å². The van der Waals surface area contributed by atoms with Crippen molar-refractivity contribution in [3.05, 3.63) is 59.6 Å². The summed E-state index contributed by atoms with van der Waals surface area (Å²) in [5.74, 6) is 0. The highest BCUT2D eigenvalue weighted by atomic mass is 15.1. The van der Waals surface area contributed by atoms with Gasteiger partial charge in [0.25, 0.3) is 0 Å². The van der Waals surface area contributed by atoms with E-state index < -0.39 is 0 Å². The van der Waals surface area contributed by atoms with Crippen molar-refractivity contribution in [2.24, 2.45) is 4.99 Å². The summed E-state index contributed by atoms with van der Waals surface area (Å²) >= 11 is 0. The molecule has 0 unspecified atom stereocenters. The van der Waals surface area contributed by atoms with Gasteiger partial charge in [0.2, 0.25) is 0 Å². The number of aliphatic imine (C=N–C) groups is 1. The molecule has 0 saturated heterocycles. The van der Waals surface area contributed by atoms with E-state index in [0.29, 0.717) is 0 Å². The van der Waals surface area contributed by atoms with Crippen molar-refractivity contribution < 1.29 is 0 Å². The van der Waals surface area contributed by atoms with Gasteiger partial charge >= 0.3 is 0 Å². The molecule has 0 bridgehead atoms. The molecule has 2 aliphatic heterocycles. The summed E-state index contributed by atoms with van der Waals surface area (Å²) < 4.78 is 0. The fourth-order valence-corrected chi connectivity index (χ4v) is 1.64. The van der Waals surface area contributed by atoms with E-state index in [1.165, 1.54) is 11.3 Å². The summed E-state index contributed by atoms with van der Waals surface area (Å²) in [4.78, 5) is 6.17. The molecule has 0 aromatic carbocycles. The van der Waals surface area contributed by atoms with E-state index in [4.69, 9.17) is 0 Å². The number of hydrogen-bond acceptors (Lipinski definition) is 2. The van der Waals surface area contributed by atoms with Crippen molar-refractivity contribution in [1.82, 2.24) is 4.90 Å². The zero-order valence-corrected chi connectivity index (χ0v) is 9.72. The Morgan fingerprint density at radius 3 is 2.75 bits per heavy atom. The van der Waals surface area contributed by atoms with Gasteiger partial charge in [-0.15, -0.1) is 0 Å². The van der Waals surface area contributed by atoms with Crippen LogP contribution in [0.1, 0.15) is 13.3 Å². The third-order valence-electron chi connectivity index (χ3n) is 2.67. The molecule has 16 heavy (non-hydrogen) atoms. The molecule has 0 atom stereocenters. The Hall–Kier alpha value is -1.83. The first-order chi connectivity index (χ1) is 7.79. The monoisotopic (exact) mass is 212 g/mol. The van der Waals surface area contributed by atoms with E-state index in [2.05, 4.69) is 54.4 Å². The van der Waals surface area contributed by atoms with Gasteiger partial charge in [-0.25, -0.2) is 0 Å². The smallest absolute Gasteiger partial charge is 0.0403 e. The molecule has 0 aromatic heterocycles. The van der Waals surface area contributed by atoms with Crippen LogP contribution in [-0.4, -0.2) is 18.2 Å². The van der Waals surface area contributed by atoms with E-state index in [1.807, 2.05) is 12.3 Å². The van der Waals surface area contributed by atoms with Gasteiger partial charge in [-0.3, -0.25) is 4.99 Å². The molecule has 0 saturated carbocycles. The van der Waals surface area contributed by atoms with Crippen LogP contribution in [0.5, 0.6) is 0 Å². The van der Waals surface area contributed by atoms with Crippen molar-refractivity contribution in [2.75, 3.05) is 7.05 Å². The molecule has 2 heterocycles. The summed E-state index contributed by atoms with van der Waals surface area (Å²) in [6.45, 7) is 2.17. The largest absolute Gasteiger partial charge is 0.351 e. The maximum absolute atomic E-state index is 4.03. The molecule has 0 fully saturated rings. The fraction of sp³-hybridized carbons (Fsp3) is 0.214. The lowest BCUT2D eigenvalue weighted by Gasteiger charge is -2.20. The minimum absolute atomic E-state index is 1.07. The number of rotatable bonds is 2. The van der Waals surface area contributed by atoms with Crippen LogP contribution in [0.2, 0.25) is 0 Å². The van der Waals surface area contributed by atoms with Gasteiger partial charge in [-0.2, -0.15) is 0 Å². The van der Waals surface area contributed by atoms with Crippen molar-refractivity contribution in [2.45, 2.75) is 13.3 Å². The van der Waals surface area contributed by atoms with Gasteiger partial charge in [0, 0.05) is 31.4 Å². The van der Waals surface area contributed by atoms with Crippen LogP contribution >= 0.6 is 0 Å². The molecule has 2 aliphatic rings. The van der Waals surface area contributed by atoms with E-state index in [9.17, 15) is 0 Å². The molecule has 0 amide bonds. The normalized spacial score (nSPS) is 23.6. The first-order valence-corrected chi connectivity index (χ1v) is 5.53. The first kappa shape index (κ1) is 10.7. The Bertz CT molecular complexity index is 431. The number of allylic oxidation sites excluding steroid dienone is 7. The van der Waals surface area contributed by atoms with Gasteiger partial charge in [0.15, 0.2) is 0 Å². The molecule has 0 N–H and O–H groups in total. The highest BCUT2D eigenvalue weighted by Gasteiger charge is 2.04. The summed E-state index contributed by atoms with van der Waals surface area (Å²) in [5, 5.41) is 0. The lowest BCUT2D eigenvalue weighted by Crippen LogP contribution is -2.12. The van der Waals surface area contributed by atoms with Gasteiger partial charge in [0.1, 0.15) is 0 Å². The zero-order chi connectivity index (χ0) is 11.4. The SMILES string of the molecule is CCC1=CN(C)/C(=C/C=C2/C=CN=C2)C=C1. The minimum Gasteiger partial charge on any atom is -0.351 e. The summed E-state index contributed by atoms with van der Waals surface area (Å²) in [6.07, 6.45) is 17.4. The standard InChI is InChI=1S/C14H16N2/c1-3-12-4-6-14(16(2)11-12)7-5-13-8-9-15-10-13/h4-11H,3H2,1-2H3/b13-5-,14-7+. The fourth-order valence-electron chi connectivity index (χ4n) is 1.64. The summed E-state index contributed by atoms with van der Waals surface area (Å²) in [6, 6.07) is 0. The molecule has 0 spiro atoms. The molecule has 2 rings (SSSR count). The Balaban J connectivity index is 2.13. The predicted molar refractivity (Wildman–Crippen MR) is 69.1 cm³/mol. The Morgan fingerprint density at radius 1 is 1.25 bits per heavy atom. The second-order valence-electron chi connectivity index (χ2n) is 3.85. The highest BCUT2D eigenvalue weighted by molar-refractivity contribution is 5.85. The van der Waals surface area contributed by atoms with Crippen LogP contribution in [0.3, 0.4) is 0 Å². The van der Waals surface area contributed by atoms with E-state index in [1.54, 1.807) is 6.20 Å². The van der Waals surface area contributed by atoms with Gasteiger partial charge in [-0.1, -0.05) is 19.1 Å². The number of likely N-dealkylation sites (N-methyl/N-ethyl adjacent to an activating group) is 1. The molecule has 82 valence electrons. The summed E-state index contributed by atoms with van der Waals surface area (Å²) in [5.41, 5.74) is 3.69. The van der Waals surface area contributed by atoms with E-state index >= 15 is 0 Å². The highest BCUT2D eigenvalue weighted by Crippen LogP contribution is 2.17. The van der Waals surface area contributed by atoms with Crippen LogP contribution < -0.4 is 0 Å². The van der Waals surface area contributed by atoms with E-state index in [0.717, 1.165) is 12.0 Å². The van der Waals surface area contributed by atoms with Crippen molar-refractivity contribution >= 4 is 6.21 Å². The average Bonchev–Trinajstić information content (AvgIpc) is 2.80. The Kier molecular flexibility index (Phi) is 3.20. The van der Waals surface area contributed by atoms with E-state index in [-0.39, 0.29) is 0 Å². The molecular weight excluding hydrogens is 196 g/mol. The van der Waals surface area contributed by atoms with Crippen LogP contribution in [0.4, 0.5) is 0 Å². The Labute approximate surface area is 96.7 Å². The van der Waals surface area contributed by atoms with Crippen molar-refractivity contribution in [3.63, 3.8) is 0 Å². The van der Waals surface area contributed by atoms with Crippen LogP contribution in [-0.2, 0) is 0 Å². The third kappa shape index (κ3) is 2.40. The molecular formula is C14H16N2. The first-order valence-electron chi connectivity index (χ1n) is 5.53. The quantitative estimate of drug-likeness (QED) is 0.686. The number of nitrogens with zero attached hydrogens (tertiary/aromatic N) is 2. The van der Waals surface area contributed by atoms with Crippen molar-refractivity contribution in [1.29, 1.82) is 0 Å². The second-order valence-corrected chi connectivity index (χ2v) is 3.85. The molecule has 2 nitrogen and oxygen atoms in total. The molecule has 2 heteroatoms. The number of hydrogen-bond donors (Lipinski definition) is 0. The third-order valence-corrected chi connectivity index (χ3v) is 2.67. The second kappa shape index (κ2) is 4.79. The molecule has 0 aliphatic carbocycles.